The molecule has 1 aliphatic rings. The molecule has 2 atom stereocenters. The van der Waals surface area contributed by atoms with Crippen LogP contribution in [0.25, 0.3) is 0 Å². The van der Waals surface area contributed by atoms with Crippen molar-refractivity contribution in [1.29, 1.82) is 0 Å². The zero-order valence-corrected chi connectivity index (χ0v) is 16.3. The molecule has 1 aliphatic heterocycles. The van der Waals surface area contributed by atoms with E-state index in [1.807, 2.05) is 60.7 Å². The fraction of sp³-hybridized carbons (Fsp3) is 0.318. The summed E-state index contributed by atoms with van der Waals surface area (Å²) in [6, 6.07) is 18.3. The Bertz CT molecular complexity index is 817. The molecule has 152 valence electrons. The van der Waals surface area contributed by atoms with E-state index in [1.54, 1.807) is 0 Å². The SMILES string of the molecule is COC(=O)C[C@@]1(C(=O)OC)C[C@@H](C=O)ON1C(c1ccccc1)c1ccccc1. The molecular weight excluding hydrogens is 374 g/mol. The Morgan fingerprint density at radius 1 is 1.07 bits per heavy atom. The van der Waals surface area contributed by atoms with Gasteiger partial charge in [-0.2, -0.15) is 5.06 Å². The number of hydroxylamine groups is 2. The lowest BCUT2D eigenvalue weighted by Crippen LogP contribution is -2.53. The Hall–Kier alpha value is -3.03. The van der Waals surface area contributed by atoms with E-state index in [9.17, 15) is 14.4 Å². The molecule has 0 spiro atoms. The highest BCUT2D eigenvalue weighted by atomic mass is 16.7. The summed E-state index contributed by atoms with van der Waals surface area (Å²) >= 11 is 0. The fourth-order valence-electron chi connectivity index (χ4n) is 3.72. The number of carbonyl (C=O) groups excluding carboxylic acids is 3. The smallest absolute Gasteiger partial charge is 0.329 e. The van der Waals surface area contributed by atoms with Crippen molar-refractivity contribution in [3.63, 3.8) is 0 Å². The first-order valence-electron chi connectivity index (χ1n) is 9.22. The monoisotopic (exact) mass is 397 g/mol. The molecule has 29 heavy (non-hydrogen) atoms. The third-order valence-electron chi connectivity index (χ3n) is 5.06. The number of hydrogen-bond acceptors (Lipinski definition) is 7. The normalized spacial score (nSPS) is 21.7. The highest BCUT2D eigenvalue weighted by Crippen LogP contribution is 2.44. The molecule has 3 rings (SSSR count). The third-order valence-corrected chi connectivity index (χ3v) is 5.06. The van der Waals surface area contributed by atoms with Crippen molar-refractivity contribution in [3.8, 4) is 0 Å². The highest BCUT2D eigenvalue weighted by Gasteiger charge is 2.58. The molecule has 0 bridgehead atoms. The maximum atomic E-state index is 13.0. The van der Waals surface area contributed by atoms with Gasteiger partial charge in [0.15, 0.2) is 11.8 Å². The summed E-state index contributed by atoms with van der Waals surface area (Å²) in [6.07, 6.45) is -0.596. The van der Waals surface area contributed by atoms with Gasteiger partial charge in [-0.25, -0.2) is 4.79 Å². The Balaban J connectivity index is 2.18. The Morgan fingerprint density at radius 3 is 2.07 bits per heavy atom. The van der Waals surface area contributed by atoms with E-state index in [2.05, 4.69) is 0 Å². The van der Waals surface area contributed by atoms with Crippen molar-refractivity contribution < 1.29 is 28.7 Å². The lowest BCUT2D eigenvalue weighted by atomic mass is 9.86. The second kappa shape index (κ2) is 8.98. The zero-order chi connectivity index (χ0) is 20.9. The number of hydrogen-bond donors (Lipinski definition) is 0. The van der Waals surface area contributed by atoms with Crippen molar-refractivity contribution in [1.82, 2.24) is 5.06 Å². The molecule has 0 amide bonds. The molecule has 7 heteroatoms. The molecule has 1 saturated heterocycles. The number of nitrogens with zero attached hydrogens (tertiary/aromatic N) is 1. The van der Waals surface area contributed by atoms with Gasteiger partial charge in [0.2, 0.25) is 0 Å². The van der Waals surface area contributed by atoms with Gasteiger partial charge in [-0.15, -0.1) is 0 Å². The zero-order valence-electron chi connectivity index (χ0n) is 16.3. The van der Waals surface area contributed by atoms with Crippen LogP contribution in [0.4, 0.5) is 0 Å². The molecule has 0 radical (unpaired) electrons. The van der Waals surface area contributed by atoms with E-state index in [0.29, 0.717) is 6.29 Å². The maximum Gasteiger partial charge on any atom is 0.329 e. The topological polar surface area (TPSA) is 82.1 Å². The first-order chi connectivity index (χ1) is 14.1. The van der Waals surface area contributed by atoms with Gasteiger partial charge < -0.3 is 14.3 Å². The largest absolute Gasteiger partial charge is 0.469 e. The maximum absolute atomic E-state index is 13.0. The van der Waals surface area contributed by atoms with Crippen molar-refractivity contribution in [2.45, 2.75) is 30.5 Å². The molecule has 1 fully saturated rings. The van der Waals surface area contributed by atoms with Gasteiger partial charge in [0.25, 0.3) is 0 Å². The number of aldehydes is 1. The van der Waals surface area contributed by atoms with Crippen LogP contribution in [0.1, 0.15) is 30.0 Å². The van der Waals surface area contributed by atoms with Crippen molar-refractivity contribution in [2.75, 3.05) is 14.2 Å². The van der Waals surface area contributed by atoms with Crippen LogP contribution in [-0.2, 0) is 28.7 Å². The fourth-order valence-corrected chi connectivity index (χ4v) is 3.72. The Morgan fingerprint density at radius 2 is 1.62 bits per heavy atom. The predicted octanol–water partition coefficient (Wildman–Crippen LogP) is 2.46. The number of ether oxygens (including phenoxy) is 2. The Kier molecular flexibility index (Phi) is 6.41. The molecule has 0 unspecified atom stereocenters. The molecule has 0 saturated carbocycles. The van der Waals surface area contributed by atoms with Crippen LogP contribution in [0.5, 0.6) is 0 Å². The average Bonchev–Trinajstić information content (AvgIpc) is 3.14. The number of benzene rings is 2. The number of esters is 2. The van der Waals surface area contributed by atoms with Crippen LogP contribution in [0.15, 0.2) is 60.7 Å². The standard InChI is InChI=1S/C22H23NO6/c1-27-19(25)14-22(21(26)28-2)13-18(15-24)29-23(22)20(16-9-5-3-6-10-16)17-11-7-4-8-12-17/h3-12,15,18,20H,13-14H2,1-2H3/t18-,22+/m0/s1. The minimum atomic E-state index is -1.51. The van der Waals surface area contributed by atoms with E-state index in [1.165, 1.54) is 19.3 Å². The summed E-state index contributed by atoms with van der Waals surface area (Å²) in [7, 11) is 2.49. The van der Waals surface area contributed by atoms with Crippen molar-refractivity contribution in [2.24, 2.45) is 0 Å². The number of rotatable bonds is 7. The third kappa shape index (κ3) is 4.06. The van der Waals surface area contributed by atoms with Gasteiger partial charge in [-0.3, -0.25) is 9.63 Å². The van der Waals surface area contributed by atoms with E-state index in [-0.39, 0.29) is 12.8 Å². The lowest BCUT2D eigenvalue weighted by Gasteiger charge is -2.38. The van der Waals surface area contributed by atoms with Crippen LogP contribution in [0.2, 0.25) is 0 Å². The van der Waals surface area contributed by atoms with Crippen molar-refractivity contribution >= 4 is 18.2 Å². The van der Waals surface area contributed by atoms with Crippen molar-refractivity contribution in [3.05, 3.63) is 71.8 Å². The van der Waals surface area contributed by atoms with E-state index in [0.717, 1.165) is 11.1 Å². The predicted molar refractivity (Wildman–Crippen MR) is 104 cm³/mol. The quantitative estimate of drug-likeness (QED) is 0.524. The molecule has 2 aromatic carbocycles. The summed E-state index contributed by atoms with van der Waals surface area (Å²) in [4.78, 5) is 42.7. The summed E-state index contributed by atoms with van der Waals surface area (Å²) < 4.78 is 9.87. The van der Waals surface area contributed by atoms with Gasteiger partial charge in [0.1, 0.15) is 6.10 Å². The molecule has 1 heterocycles. The summed E-state index contributed by atoms with van der Waals surface area (Å²) in [6.45, 7) is 0. The van der Waals surface area contributed by atoms with Crippen LogP contribution in [0.3, 0.4) is 0 Å². The molecule has 0 aliphatic carbocycles. The number of methoxy groups -OCH3 is 2. The molecular formula is C22H23NO6. The van der Waals surface area contributed by atoms with Gasteiger partial charge in [-0.1, -0.05) is 60.7 Å². The minimum Gasteiger partial charge on any atom is -0.469 e. The average molecular weight is 397 g/mol. The highest BCUT2D eigenvalue weighted by molar-refractivity contribution is 5.88. The van der Waals surface area contributed by atoms with Crippen LogP contribution >= 0.6 is 0 Å². The van der Waals surface area contributed by atoms with E-state index in [4.69, 9.17) is 14.3 Å². The Labute approximate surface area is 169 Å². The minimum absolute atomic E-state index is 0.0194. The molecule has 0 aromatic heterocycles. The molecule has 2 aromatic rings. The van der Waals surface area contributed by atoms with Crippen LogP contribution in [0, 0.1) is 0 Å². The number of carbonyl (C=O) groups is 3. The van der Waals surface area contributed by atoms with Crippen LogP contribution in [-0.4, -0.2) is 49.2 Å². The first kappa shape index (κ1) is 20.7. The molecule has 7 nitrogen and oxygen atoms in total. The first-order valence-corrected chi connectivity index (χ1v) is 9.22. The van der Waals surface area contributed by atoms with Crippen LogP contribution < -0.4 is 0 Å². The van der Waals surface area contributed by atoms with E-state index < -0.39 is 29.6 Å². The second-order valence-corrected chi connectivity index (χ2v) is 6.81. The van der Waals surface area contributed by atoms with Gasteiger partial charge in [0, 0.05) is 6.42 Å². The van der Waals surface area contributed by atoms with Gasteiger partial charge >= 0.3 is 11.9 Å². The summed E-state index contributed by atoms with van der Waals surface area (Å²) in [5, 5.41) is 1.43. The second-order valence-electron chi connectivity index (χ2n) is 6.81. The lowest BCUT2D eigenvalue weighted by molar-refractivity contribution is -0.217. The summed E-state index contributed by atoms with van der Waals surface area (Å²) in [5.74, 6) is -1.26. The van der Waals surface area contributed by atoms with Gasteiger partial charge in [0.05, 0.1) is 26.7 Å². The molecule has 0 N–H and O–H groups in total. The van der Waals surface area contributed by atoms with Gasteiger partial charge in [-0.05, 0) is 11.1 Å². The summed E-state index contributed by atoms with van der Waals surface area (Å²) in [5.41, 5.74) is 0.163. The van der Waals surface area contributed by atoms with E-state index >= 15 is 0 Å².